The van der Waals surface area contributed by atoms with Gasteiger partial charge in [0.1, 0.15) is 11.0 Å². The van der Waals surface area contributed by atoms with Crippen molar-refractivity contribution >= 4 is 35.1 Å². The summed E-state index contributed by atoms with van der Waals surface area (Å²) in [5.74, 6) is 1.98. The number of hydrogen-bond donors (Lipinski definition) is 1. The van der Waals surface area contributed by atoms with E-state index in [9.17, 15) is 4.79 Å². The van der Waals surface area contributed by atoms with Crippen molar-refractivity contribution in [3.05, 3.63) is 11.2 Å². The Hall–Kier alpha value is -1.01. The van der Waals surface area contributed by atoms with Gasteiger partial charge in [-0.05, 0) is 25.2 Å². The second-order valence-corrected chi connectivity index (χ2v) is 7.68. The quantitative estimate of drug-likeness (QED) is 0.327. The second-order valence-electron chi connectivity index (χ2n) is 6.35. The van der Waals surface area contributed by atoms with E-state index in [-0.39, 0.29) is 5.91 Å². The number of piperidine rings is 1. The molecule has 1 aliphatic heterocycles. The van der Waals surface area contributed by atoms with Crippen LogP contribution in [0.4, 0.5) is 5.82 Å². The minimum atomic E-state index is 0.0213. The molecule has 2 rings (SSSR count). The predicted molar refractivity (Wildman–Crippen MR) is 101 cm³/mol. The molecule has 1 fully saturated rings. The number of anilines is 1. The summed E-state index contributed by atoms with van der Waals surface area (Å²) in [4.78, 5) is 22.9. The number of hydrogen-bond acceptors (Lipinski definition) is 5. The Labute approximate surface area is 154 Å². The standard InChI is InChI=1S/C17H27ClN4OS/c1-3-4-5-8-19-16(23)12-24-17-20-14(18)11-15(21-17)22-9-6-13(2)7-10-22/h11,13H,3-10,12H2,1-2H3,(H,19,23). The number of halogens is 1. The van der Waals surface area contributed by atoms with Gasteiger partial charge in [0.2, 0.25) is 5.91 Å². The summed E-state index contributed by atoms with van der Waals surface area (Å²) in [5.41, 5.74) is 0. The summed E-state index contributed by atoms with van der Waals surface area (Å²) >= 11 is 7.48. The molecule has 0 atom stereocenters. The van der Waals surface area contributed by atoms with Crippen molar-refractivity contribution in [1.29, 1.82) is 0 Å². The topological polar surface area (TPSA) is 58.1 Å². The SMILES string of the molecule is CCCCCNC(=O)CSc1nc(Cl)cc(N2CCC(C)CC2)n1. The molecular weight excluding hydrogens is 344 g/mol. The number of nitrogens with one attached hydrogen (secondary N) is 1. The van der Waals surface area contributed by atoms with Crippen LogP contribution in [0.25, 0.3) is 0 Å². The zero-order chi connectivity index (χ0) is 17.4. The summed E-state index contributed by atoms with van der Waals surface area (Å²) in [7, 11) is 0. The number of unbranched alkanes of at least 4 members (excludes halogenated alkanes) is 2. The molecule has 1 N–H and O–H groups in total. The van der Waals surface area contributed by atoms with Crippen molar-refractivity contribution in [2.75, 3.05) is 30.3 Å². The summed E-state index contributed by atoms with van der Waals surface area (Å²) < 4.78 is 0. The molecule has 0 radical (unpaired) electrons. The number of carbonyl (C=O) groups is 1. The Bertz CT molecular complexity index is 535. The van der Waals surface area contributed by atoms with E-state index < -0.39 is 0 Å². The van der Waals surface area contributed by atoms with Crippen LogP contribution in [0.1, 0.15) is 46.0 Å². The van der Waals surface area contributed by atoms with E-state index >= 15 is 0 Å². The number of amides is 1. The monoisotopic (exact) mass is 370 g/mol. The first kappa shape index (κ1) is 19.3. The molecule has 24 heavy (non-hydrogen) atoms. The van der Waals surface area contributed by atoms with Gasteiger partial charge in [0.15, 0.2) is 5.16 Å². The summed E-state index contributed by atoms with van der Waals surface area (Å²) in [5, 5.41) is 3.93. The molecule has 0 spiro atoms. The highest BCUT2D eigenvalue weighted by Gasteiger charge is 2.18. The highest BCUT2D eigenvalue weighted by atomic mass is 35.5. The zero-order valence-electron chi connectivity index (χ0n) is 14.6. The summed E-state index contributed by atoms with van der Waals surface area (Å²) in [6.45, 7) is 7.16. The van der Waals surface area contributed by atoms with E-state index in [2.05, 4.69) is 34.0 Å². The lowest BCUT2D eigenvalue weighted by Crippen LogP contribution is -2.33. The van der Waals surface area contributed by atoms with Crippen LogP contribution in [0.5, 0.6) is 0 Å². The van der Waals surface area contributed by atoms with Crippen LogP contribution < -0.4 is 10.2 Å². The fraction of sp³-hybridized carbons (Fsp3) is 0.706. The van der Waals surface area contributed by atoms with Gasteiger partial charge >= 0.3 is 0 Å². The fourth-order valence-corrected chi connectivity index (χ4v) is 3.54. The van der Waals surface area contributed by atoms with Crippen molar-refractivity contribution in [2.24, 2.45) is 5.92 Å². The number of aromatic nitrogens is 2. The molecule has 5 nitrogen and oxygen atoms in total. The zero-order valence-corrected chi connectivity index (χ0v) is 16.1. The number of nitrogens with zero attached hydrogens (tertiary/aromatic N) is 3. The lowest BCUT2D eigenvalue weighted by atomic mass is 9.99. The van der Waals surface area contributed by atoms with Gasteiger partial charge in [0.05, 0.1) is 5.75 Å². The third-order valence-corrected chi connectivity index (χ3v) is 5.24. The van der Waals surface area contributed by atoms with Gasteiger partial charge in [-0.15, -0.1) is 0 Å². The summed E-state index contributed by atoms with van der Waals surface area (Å²) in [6, 6.07) is 1.81. The third kappa shape index (κ3) is 6.48. The fourth-order valence-electron chi connectivity index (χ4n) is 2.63. The van der Waals surface area contributed by atoms with Crippen molar-refractivity contribution in [1.82, 2.24) is 15.3 Å². The molecule has 1 amide bonds. The largest absolute Gasteiger partial charge is 0.356 e. The first-order valence-corrected chi connectivity index (χ1v) is 10.1. The molecule has 0 unspecified atom stereocenters. The Balaban J connectivity index is 1.85. The Morgan fingerprint density at radius 1 is 1.38 bits per heavy atom. The van der Waals surface area contributed by atoms with E-state index in [1.54, 1.807) is 0 Å². The van der Waals surface area contributed by atoms with Gasteiger partial charge in [-0.2, -0.15) is 0 Å². The lowest BCUT2D eigenvalue weighted by molar-refractivity contribution is -0.118. The van der Waals surface area contributed by atoms with Crippen LogP contribution >= 0.6 is 23.4 Å². The molecule has 1 aromatic rings. The minimum absolute atomic E-state index is 0.0213. The molecule has 2 heterocycles. The van der Waals surface area contributed by atoms with Gasteiger partial charge in [0.25, 0.3) is 0 Å². The van der Waals surface area contributed by atoms with E-state index in [0.29, 0.717) is 16.1 Å². The van der Waals surface area contributed by atoms with Crippen LogP contribution in [0, 0.1) is 5.92 Å². The van der Waals surface area contributed by atoms with Crippen LogP contribution in [0.2, 0.25) is 5.15 Å². The van der Waals surface area contributed by atoms with Crippen LogP contribution in [-0.2, 0) is 4.79 Å². The highest BCUT2D eigenvalue weighted by Crippen LogP contribution is 2.25. The summed E-state index contributed by atoms with van der Waals surface area (Å²) in [6.07, 6.45) is 5.66. The Morgan fingerprint density at radius 3 is 2.83 bits per heavy atom. The average Bonchev–Trinajstić information content (AvgIpc) is 2.57. The van der Waals surface area contributed by atoms with Crippen molar-refractivity contribution in [3.8, 4) is 0 Å². The number of carbonyl (C=O) groups excluding carboxylic acids is 1. The van der Waals surface area contributed by atoms with Crippen LogP contribution in [0.3, 0.4) is 0 Å². The first-order valence-electron chi connectivity index (χ1n) is 8.77. The van der Waals surface area contributed by atoms with Crippen LogP contribution in [-0.4, -0.2) is 41.3 Å². The molecular formula is C17H27ClN4OS. The van der Waals surface area contributed by atoms with Crippen molar-refractivity contribution in [3.63, 3.8) is 0 Å². The molecule has 134 valence electrons. The predicted octanol–water partition coefficient (Wildman–Crippen LogP) is 3.76. The smallest absolute Gasteiger partial charge is 0.230 e. The maximum absolute atomic E-state index is 11.9. The number of rotatable bonds is 8. The average molecular weight is 371 g/mol. The molecule has 0 aromatic carbocycles. The maximum Gasteiger partial charge on any atom is 0.230 e. The highest BCUT2D eigenvalue weighted by molar-refractivity contribution is 7.99. The second kappa shape index (κ2) is 10.1. The molecule has 0 saturated carbocycles. The van der Waals surface area contributed by atoms with E-state index in [1.807, 2.05) is 6.07 Å². The van der Waals surface area contributed by atoms with Gasteiger partial charge in [-0.25, -0.2) is 9.97 Å². The molecule has 0 aliphatic carbocycles. The van der Waals surface area contributed by atoms with Gasteiger partial charge in [-0.3, -0.25) is 4.79 Å². The molecule has 1 aromatic heterocycles. The van der Waals surface area contributed by atoms with Crippen molar-refractivity contribution < 1.29 is 4.79 Å². The van der Waals surface area contributed by atoms with E-state index in [1.165, 1.54) is 24.6 Å². The normalized spacial score (nSPS) is 15.5. The third-order valence-electron chi connectivity index (χ3n) is 4.20. The molecule has 1 saturated heterocycles. The van der Waals surface area contributed by atoms with Crippen LogP contribution in [0.15, 0.2) is 11.2 Å². The van der Waals surface area contributed by atoms with E-state index in [4.69, 9.17) is 11.6 Å². The molecule has 7 heteroatoms. The molecule has 1 aliphatic rings. The van der Waals surface area contributed by atoms with Gasteiger partial charge in [0, 0.05) is 25.7 Å². The van der Waals surface area contributed by atoms with E-state index in [0.717, 1.165) is 50.6 Å². The van der Waals surface area contributed by atoms with Gasteiger partial charge in [-0.1, -0.05) is 50.1 Å². The van der Waals surface area contributed by atoms with Gasteiger partial charge < -0.3 is 10.2 Å². The lowest BCUT2D eigenvalue weighted by Gasteiger charge is -2.31. The number of thioether (sulfide) groups is 1. The maximum atomic E-state index is 11.9. The minimum Gasteiger partial charge on any atom is -0.356 e. The molecule has 0 bridgehead atoms. The first-order chi connectivity index (χ1) is 11.6. The Morgan fingerprint density at radius 2 is 2.12 bits per heavy atom. The Kier molecular flexibility index (Phi) is 8.12. The van der Waals surface area contributed by atoms with Crippen molar-refractivity contribution in [2.45, 2.75) is 51.1 Å².